The smallest absolute Gasteiger partial charge is 0.160 e. The van der Waals surface area contributed by atoms with Crippen LogP contribution in [-0.4, -0.2) is 15.0 Å². The van der Waals surface area contributed by atoms with Crippen molar-refractivity contribution >= 4 is 53.2 Å². The molecule has 3 heterocycles. The predicted octanol–water partition coefficient (Wildman–Crippen LogP) is 7.88. The minimum absolute atomic E-state index is 0.739. The molecule has 154 valence electrons. The van der Waals surface area contributed by atoms with Gasteiger partial charge in [0, 0.05) is 59.9 Å². The molecule has 3 nitrogen and oxygen atoms in total. The molecule has 7 aromatic rings. The Morgan fingerprint density at radius 3 is 2.18 bits per heavy atom. The summed E-state index contributed by atoms with van der Waals surface area (Å²) in [6.07, 6.45) is 3.62. The number of rotatable bonds is 2. The molecular weight excluding hydrogens is 422 g/mol. The minimum atomic E-state index is 0.739. The van der Waals surface area contributed by atoms with Gasteiger partial charge in [-0.15, -0.1) is 11.3 Å². The van der Waals surface area contributed by atoms with Crippen LogP contribution in [0.5, 0.6) is 0 Å². The summed E-state index contributed by atoms with van der Waals surface area (Å²) >= 11 is 1.81. The average Bonchev–Trinajstić information content (AvgIpc) is 3.28. The predicted molar refractivity (Wildman–Crippen MR) is 139 cm³/mol. The largest absolute Gasteiger partial charge is 0.247 e. The Hall–Kier alpha value is -4.15. The molecule has 0 spiro atoms. The molecule has 0 amide bonds. The van der Waals surface area contributed by atoms with Gasteiger partial charge < -0.3 is 0 Å². The van der Waals surface area contributed by atoms with Crippen LogP contribution in [0.15, 0.2) is 103 Å². The molecule has 0 N–H and O–H groups in total. The zero-order valence-corrected chi connectivity index (χ0v) is 18.4. The van der Waals surface area contributed by atoms with Gasteiger partial charge in [-0.2, -0.15) is 0 Å². The summed E-state index contributed by atoms with van der Waals surface area (Å²) in [5.41, 5.74) is 4.14. The van der Waals surface area contributed by atoms with Gasteiger partial charge in [0.15, 0.2) is 5.82 Å². The van der Waals surface area contributed by atoms with Crippen molar-refractivity contribution in [1.82, 2.24) is 15.0 Å². The van der Waals surface area contributed by atoms with Crippen LogP contribution in [0.3, 0.4) is 0 Å². The minimum Gasteiger partial charge on any atom is -0.247 e. The first kappa shape index (κ1) is 18.4. The van der Waals surface area contributed by atoms with E-state index in [0.717, 1.165) is 33.5 Å². The van der Waals surface area contributed by atoms with Crippen LogP contribution in [0.4, 0.5) is 0 Å². The number of aromatic nitrogens is 3. The Bertz CT molecular complexity index is 1770. The molecule has 4 aromatic carbocycles. The molecule has 7 rings (SSSR count). The first-order chi connectivity index (χ1) is 16.4. The van der Waals surface area contributed by atoms with E-state index in [1.54, 1.807) is 0 Å². The third kappa shape index (κ3) is 2.78. The summed E-state index contributed by atoms with van der Waals surface area (Å²) in [6.45, 7) is 0. The van der Waals surface area contributed by atoms with Gasteiger partial charge in [-0.05, 0) is 24.3 Å². The first-order valence-electron chi connectivity index (χ1n) is 10.9. The second kappa shape index (κ2) is 7.19. The Labute approximate surface area is 194 Å². The van der Waals surface area contributed by atoms with Crippen LogP contribution < -0.4 is 0 Å². The second-order valence-electron chi connectivity index (χ2n) is 8.07. The Morgan fingerprint density at radius 1 is 0.606 bits per heavy atom. The van der Waals surface area contributed by atoms with Crippen molar-refractivity contribution in [1.29, 1.82) is 0 Å². The standard InChI is InChI=1S/C29H17N3S/c1-2-9-18(10-3-1)27-21-17-22(29-30-15-8-16-31-29)28-26(20-12-5-7-14-24(20)33-28)25(21)19-11-4-6-13-23(19)32-27/h1-17H. The van der Waals surface area contributed by atoms with Gasteiger partial charge >= 0.3 is 0 Å². The fourth-order valence-corrected chi connectivity index (χ4v) is 5.97. The fraction of sp³-hybridized carbons (Fsp3) is 0. The highest BCUT2D eigenvalue weighted by atomic mass is 32.1. The van der Waals surface area contributed by atoms with Gasteiger partial charge in [0.2, 0.25) is 0 Å². The molecule has 0 saturated carbocycles. The summed E-state index contributed by atoms with van der Waals surface area (Å²) in [6, 6.07) is 31.6. The number of benzene rings is 4. The molecule has 0 aliphatic rings. The molecule has 4 heteroatoms. The van der Waals surface area contributed by atoms with E-state index in [2.05, 4.69) is 88.8 Å². The van der Waals surface area contributed by atoms with Crippen LogP contribution in [0, 0.1) is 0 Å². The molecule has 0 bridgehead atoms. The van der Waals surface area contributed by atoms with E-state index in [1.165, 1.54) is 30.9 Å². The molecule has 0 aliphatic carbocycles. The molecule has 0 radical (unpaired) electrons. The van der Waals surface area contributed by atoms with Crippen molar-refractivity contribution < 1.29 is 0 Å². The maximum Gasteiger partial charge on any atom is 0.160 e. The summed E-state index contributed by atoms with van der Waals surface area (Å²) in [7, 11) is 0. The number of para-hydroxylation sites is 1. The molecule has 3 aromatic heterocycles. The summed E-state index contributed by atoms with van der Waals surface area (Å²) < 4.78 is 2.48. The monoisotopic (exact) mass is 439 g/mol. The van der Waals surface area contributed by atoms with Crippen molar-refractivity contribution in [3.8, 4) is 22.6 Å². The lowest BCUT2D eigenvalue weighted by atomic mass is 9.94. The van der Waals surface area contributed by atoms with Gasteiger partial charge in [0.25, 0.3) is 0 Å². The lowest BCUT2D eigenvalue weighted by Gasteiger charge is -2.14. The molecular formula is C29H17N3S. The van der Waals surface area contributed by atoms with Crippen LogP contribution in [-0.2, 0) is 0 Å². The number of hydrogen-bond donors (Lipinski definition) is 0. The van der Waals surface area contributed by atoms with Crippen LogP contribution >= 0.6 is 11.3 Å². The summed E-state index contributed by atoms with van der Waals surface area (Å²) in [5, 5.41) is 6.05. The van der Waals surface area contributed by atoms with E-state index in [9.17, 15) is 0 Å². The van der Waals surface area contributed by atoms with Crippen molar-refractivity contribution in [3.63, 3.8) is 0 Å². The normalized spacial score (nSPS) is 11.6. The third-order valence-electron chi connectivity index (χ3n) is 6.16. The zero-order chi connectivity index (χ0) is 21.8. The Balaban J connectivity index is 1.79. The number of thiophene rings is 1. The first-order valence-corrected chi connectivity index (χ1v) is 11.7. The van der Waals surface area contributed by atoms with Gasteiger partial charge in [0.05, 0.1) is 11.2 Å². The molecule has 0 aliphatic heterocycles. The highest BCUT2D eigenvalue weighted by Crippen LogP contribution is 2.46. The maximum atomic E-state index is 5.14. The number of nitrogens with zero attached hydrogens (tertiary/aromatic N) is 3. The zero-order valence-electron chi connectivity index (χ0n) is 17.6. The highest BCUT2D eigenvalue weighted by Gasteiger charge is 2.20. The average molecular weight is 440 g/mol. The van der Waals surface area contributed by atoms with Gasteiger partial charge in [-0.3, -0.25) is 0 Å². The molecule has 33 heavy (non-hydrogen) atoms. The molecule has 0 unspecified atom stereocenters. The van der Waals surface area contributed by atoms with Crippen molar-refractivity contribution in [2.45, 2.75) is 0 Å². The second-order valence-corrected chi connectivity index (χ2v) is 9.12. The maximum absolute atomic E-state index is 5.14. The molecule has 0 saturated heterocycles. The topological polar surface area (TPSA) is 38.7 Å². The fourth-order valence-electron chi connectivity index (χ4n) is 4.75. The quantitative estimate of drug-likeness (QED) is 0.257. The van der Waals surface area contributed by atoms with Crippen molar-refractivity contribution in [2.75, 3.05) is 0 Å². The molecule has 0 fully saturated rings. The lowest BCUT2D eigenvalue weighted by Crippen LogP contribution is -1.93. The van der Waals surface area contributed by atoms with E-state index >= 15 is 0 Å². The van der Waals surface area contributed by atoms with Crippen LogP contribution in [0.2, 0.25) is 0 Å². The molecule has 0 atom stereocenters. The van der Waals surface area contributed by atoms with E-state index in [1.807, 2.05) is 35.9 Å². The van der Waals surface area contributed by atoms with E-state index in [0.29, 0.717) is 0 Å². The van der Waals surface area contributed by atoms with Crippen molar-refractivity contribution in [3.05, 3.63) is 103 Å². The number of hydrogen-bond acceptors (Lipinski definition) is 4. The van der Waals surface area contributed by atoms with E-state index in [-0.39, 0.29) is 0 Å². The number of pyridine rings is 1. The highest BCUT2D eigenvalue weighted by molar-refractivity contribution is 7.26. The SMILES string of the molecule is c1ccc(-c2nc3ccccc3c3c2cc(-c2ncccn2)c2sc4ccccc4c23)cc1. The summed E-state index contributed by atoms with van der Waals surface area (Å²) in [5.74, 6) is 0.739. The Morgan fingerprint density at radius 2 is 1.33 bits per heavy atom. The van der Waals surface area contributed by atoms with Gasteiger partial charge in [-0.25, -0.2) is 15.0 Å². The van der Waals surface area contributed by atoms with E-state index in [4.69, 9.17) is 4.98 Å². The lowest BCUT2D eigenvalue weighted by molar-refractivity contribution is 1.18. The van der Waals surface area contributed by atoms with Crippen LogP contribution in [0.1, 0.15) is 0 Å². The summed E-state index contributed by atoms with van der Waals surface area (Å²) in [4.78, 5) is 14.4. The third-order valence-corrected chi connectivity index (χ3v) is 7.37. The van der Waals surface area contributed by atoms with E-state index < -0.39 is 0 Å². The van der Waals surface area contributed by atoms with Gasteiger partial charge in [-0.1, -0.05) is 66.7 Å². The Kier molecular flexibility index (Phi) is 4.01. The van der Waals surface area contributed by atoms with Crippen molar-refractivity contribution in [2.24, 2.45) is 0 Å². The van der Waals surface area contributed by atoms with Crippen LogP contribution in [0.25, 0.3) is 64.5 Å². The number of fused-ring (bicyclic) bond motifs is 7. The van der Waals surface area contributed by atoms with Gasteiger partial charge in [0.1, 0.15) is 0 Å².